The first-order chi connectivity index (χ1) is 19.5. The van der Waals surface area contributed by atoms with Gasteiger partial charge in [-0.25, -0.2) is 4.39 Å². The second-order valence-corrected chi connectivity index (χ2v) is 12.3. The maximum absolute atomic E-state index is 13.9. The number of aromatic hydroxyl groups is 1. The highest BCUT2D eigenvalue weighted by atomic mass is 32.2. The minimum atomic E-state index is -4.33. The standard InChI is InChI=1S/C32H28FNO6S/c33-24-11-9-23(10-12-24)32(37)18-16-31(17-19-32)29(34(30(31)36)25-4-2-1-3-5-25)27-15-8-22(20-28(27)35)21-6-13-26(14-7-21)41(38,39)40/h1-15,20,29,35,37H,16-19H2,(H,38,39,40)/t29-,31?,32?/m1/s1. The first-order valence-corrected chi connectivity index (χ1v) is 14.7. The van der Waals surface area contributed by atoms with Crippen LogP contribution in [-0.2, 0) is 20.5 Å². The molecule has 0 bridgehead atoms. The van der Waals surface area contributed by atoms with Crippen LogP contribution in [0.5, 0.6) is 5.75 Å². The lowest BCUT2D eigenvalue weighted by molar-refractivity contribution is -0.149. The summed E-state index contributed by atoms with van der Waals surface area (Å²) >= 11 is 0. The van der Waals surface area contributed by atoms with Gasteiger partial charge in [0.25, 0.3) is 10.1 Å². The summed E-state index contributed by atoms with van der Waals surface area (Å²) < 4.78 is 45.6. The van der Waals surface area contributed by atoms with Crippen molar-refractivity contribution >= 4 is 21.7 Å². The molecule has 1 aliphatic heterocycles. The van der Waals surface area contributed by atoms with E-state index in [-0.39, 0.29) is 22.4 Å². The van der Waals surface area contributed by atoms with Crippen molar-refractivity contribution < 1.29 is 32.4 Å². The number of aliphatic hydroxyl groups is 1. The lowest BCUT2D eigenvalue weighted by atomic mass is 9.56. The molecule has 1 atom stereocenters. The Morgan fingerprint density at radius 2 is 1.41 bits per heavy atom. The van der Waals surface area contributed by atoms with Crippen molar-refractivity contribution in [1.29, 1.82) is 0 Å². The van der Waals surface area contributed by atoms with Gasteiger partial charge in [0, 0.05) is 11.3 Å². The fourth-order valence-corrected chi connectivity index (χ4v) is 6.85. The van der Waals surface area contributed by atoms with Gasteiger partial charge in [0.15, 0.2) is 0 Å². The summed E-state index contributed by atoms with van der Waals surface area (Å²) in [5.74, 6) is -0.469. The zero-order valence-corrected chi connectivity index (χ0v) is 22.8. The number of β-lactam (4-membered cyclic amide) rings is 1. The zero-order chi connectivity index (χ0) is 29.0. The van der Waals surface area contributed by atoms with Crippen molar-refractivity contribution in [1.82, 2.24) is 0 Å². The second kappa shape index (κ2) is 9.80. The van der Waals surface area contributed by atoms with Crippen LogP contribution in [0.15, 0.2) is 102 Å². The maximum Gasteiger partial charge on any atom is 0.294 e. The molecule has 1 saturated carbocycles. The zero-order valence-electron chi connectivity index (χ0n) is 21.9. The lowest BCUT2D eigenvalue weighted by Crippen LogP contribution is -2.65. The number of anilines is 1. The molecule has 1 spiro atoms. The van der Waals surface area contributed by atoms with Crippen molar-refractivity contribution in [2.45, 2.75) is 42.2 Å². The summed E-state index contributed by atoms with van der Waals surface area (Å²) in [5, 5.41) is 22.7. The number of hydrogen-bond donors (Lipinski definition) is 3. The molecule has 1 aliphatic carbocycles. The average Bonchev–Trinajstić information content (AvgIpc) is 2.97. The van der Waals surface area contributed by atoms with Crippen LogP contribution in [-0.4, -0.2) is 29.1 Å². The number of phenols is 1. The van der Waals surface area contributed by atoms with Gasteiger partial charge in [0.05, 0.1) is 22.0 Å². The van der Waals surface area contributed by atoms with Crippen molar-refractivity contribution in [2.24, 2.45) is 5.41 Å². The predicted molar refractivity (Wildman–Crippen MR) is 151 cm³/mol. The Morgan fingerprint density at radius 3 is 2.00 bits per heavy atom. The van der Waals surface area contributed by atoms with Crippen LogP contribution >= 0.6 is 0 Å². The molecule has 2 aliphatic rings. The van der Waals surface area contributed by atoms with Crippen LogP contribution in [0.3, 0.4) is 0 Å². The van der Waals surface area contributed by atoms with E-state index in [9.17, 15) is 32.4 Å². The number of benzene rings is 4. The third-order valence-corrected chi connectivity index (χ3v) is 9.49. The Hall–Kier alpha value is -4.05. The fraction of sp³-hybridized carbons (Fsp3) is 0.219. The highest BCUT2D eigenvalue weighted by Crippen LogP contribution is 2.62. The molecule has 9 heteroatoms. The van der Waals surface area contributed by atoms with Crippen LogP contribution in [0.1, 0.15) is 42.9 Å². The number of rotatable bonds is 5. The van der Waals surface area contributed by atoms with Crippen molar-refractivity contribution in [2.75, 3.05) is 4.90 Å². The molecule has 6 rings (SSSR count). The van der Waals surface area contributed by atoms with Crippen molar-refractivity contribution in [3.8, 4) is 16.9 Å². The van der Waals surface area contributed by atoms with E-state index in [1.54, 1.807) is 47.4 Å². The van der Waals surface area contributed by atoms with Gasteiger partial charge < -0.3 is 15.1 Å². The van der Waals surface area contributed by atoms with Gasteiger partial charge >= 0.3 is 0 Å². The molecule has 0 aromatic heterocycles. The van der Waals surface area contributed by atoms with E-state index in [1.807, 2.05) is 30.3 Å². The second-order valence-electron chi connectivity index (χ2n) is 10.9. The van der Waals surface area contributed by atoms with Gasteiger partial charge in [-0.2, -0.15) is 8.42 Å². The Balaban J connectivity index is 1.35. The third kappa shape index (κ3) is 4.60. The van der Waals surface area contributed by atoms with Gasteiger partial charge in [0.1, 0.15) is 11.6 Å². The summed E-state index contributed by atoms with van der Waals surface area (Å²) in [6.07, 6.45) is 1.38. The number of carbonyl (C=O) groups excluding carboxylic acids is 1. The van der Waals surface area contributed by atoms with E-state index >= 15 is 0 Å². The molecule has 1 heterocycles. The molecule has 4 aromatic rings. The van der Waals surface area contributed by atoms with Crippen LogP contribution in [0.2, 0.25) is 0 Å². The van der Waals surface area contributed by atoms with E-state index < -0.39 is 27.2 Å². The number of carbonyl (C=O) groups is 1. The molecule has 0 radical (unpaired) electrons. The van der Waals surface area contributed by atoms with Crippen LogP contribution < -0.4 is 4.90 Å². The number of halogens is 1. The maximum atomic E-state index is 13.9. The Labute approximate surface area is 237 Å². The van der Waals surface area contributed by atoms with Crippen molar-refractivity contribution in [3.63, 3.8) is 0 Å². The SMILES string of the molecule is O=C1N(c2ccccc2)[C@H](c2ccc(-c3ccc(S(=O)(=O)O)cc3)cc2O)C12CCC(O)(c1ccc(F)cc1)CC2. The van der Waals surface area contributed by atoms with Gasteiger partial charge in [-0.1, -0.05) is 54.6 Å². The summed E-state index contributed by atoms with van der Waals surface area (Å²) in [6, 6.07) is 25.4. The van der Waals surface area contributed by atoms with Gasteiger partial charge in [-0.15, -0.1) is 0 Å². The number of hydrogen-bond acceptors (Lipinski definition) is 5. The van der Waals surface area contributed by atoms with Gasteiger partial charge in [-0.05, 0) is 84.8 Å². The summed E-state index contributed by atoms with van der Waals surface area (Å²) in [5.41, 5.74) is 1.14. The Bertz CT molecular complexity index is 1710. The van der Waals surface area contributed by atoms with Crippen LogP contribution in [0.4, 0.5) is 10.1 Å². The Kier molecular flexibility index (Phi) is 6.48. The highest BCUT2D eigenvalue weighted by Gasteiger charge is 2.64. The van der Waals surface area contributed by atoms with Crippen LogP contribution in [0.25, 0.3) is 11.1 Å². The first kappa shape index (κ1) is 27.1. The largest absolute Gasteiger partial charge is 0.508 e. The van der Waals surface area contributed by atoms with Crippen LogP contribution in [0, 0.1) is 11.2 Å². The lowest BCUT2D eigenvalue weighted by Gasteiger charge is -2.59. The monoisotopic (exact) mass is 573 g/mol. The number of para-hydroxylation sites is 1. The van der Waals surface area contributed by atoms with E-state index in [4.69, 9.17) is 0 Å². The minimum Gasteiger partial charge on any atom is -0.508 e. The van der Waals surface area contributed by atoms with E-state index in [2.05, 4.69) is 0 Å². The topological polar surface area (TPSA) is 115 Å². The Morgan fingerprint density at radius 1 is 0.805 bits per heavy atom. The van der Waals surface area contributed by atoms with Crippen molar-refractivity contribution in [3.05, 3.63) is 114 Å². The average molecular weight is 574 g/mol. The molecule has 3 N–H and O–H groups in total. The van der Waals surface area contributed by atoms with E-state index in [1.165, 1.54) is 24.3 Å². The molecule has 1 saturated heterocycles. The molecular weight excluding hydrogens is 545 g/mol. The van der Waals surface area contributed by atoms with Gasteiger partial charge in [-0.3, -0.25) is 9.35 Å². The first-order valence-electron chi connectivity index (χ1n) is 13.3. The molecule has 0 unspecified atom stereocenters. The molecule has 210 valence electrons. The molecule has 1 amide bonds. The fourth-order valence-electron chi connectivity index (χ4n) is 6.37. The van der Waals surface area contributed by atoms with Gasteiger partial charge in [0.2, 0.25) is 5.91 Å². The normalized spacial score (nSPS) is 24.3. The summed E-state index contributed by atoms with van der Waals surface area (Å²) in [6.45, 7) is 0. The highest BCUT2D eigenvalue weighted by molar-refractivity contribution is 7.85. The quantitative estimate of drug-likeness (QED) is 0.200. The van der Waals surface area contributed by atoms with E-state index in [0.717, 1.165) is 0 Å². The molecular formula is C32H28FNO6S. The molecule has 41 heavy (non-hydrogen) atoms. The smallest absolute Gasteiger partial charge is 0.294 e. The summed E-state index contributed by atoms with van der Waals surface area (Å²) in [7, 11) is -4.33. The third-order valence-electron chi connectivity index (χ3n) is 8.62. The van der Waals surface area contributed by atoms with E-state index in [0.29, 0.717) is 53.6 Å². The molecule has 4 aromatic carbocycles. The summed E-state index contributed by atoms with van der Waals surface area (Å²) in [4.78, 5) is 15.3. The number of nitrogens with zero attached hydrogens (tertiary/aromatic N) is 1. The number of phenolic OH excluding ortho intramolecular Hbond substituents is 1. The minimum absolute atomic E-state index is 0.0152. The predicted octanol–water partition coefficient (Wildman–Crippen LogP) is 5.98. The number of amides is 1. The molecule has 2 fully saturated rings. The molecule has 7 nitrogen and oxygen atoms in total.